The van der Waals surface area contributed by atoms with Crippen LogP contribution in [0.5, 0.6) is 0 Å². The predicted octanol–water partition coefficient (Wildman–Crippen LogP) is 5.74. The molecular weight excluding hydrogens is 484 g/mol. The Kier molecular flexibility index (Phi) is 8.42. The second-order valence-corrected chi connectivity index (χ2v) is 9.50. The summed E-state index contributed by atoms with van der Waals surface area (Å²) in [6.07, 6.45) is 5.72. The number of nitrogens with zero attached hydrogens (tertiary/aromatic N) is 2. The monoisotopic (exact) mass is 506 g/mol. The molecule has 0 N–H and O–H groups in total. The molecule has 0 radical (unpaired) electrons. The van der Waals surface area contributed by atoms with Gasteiger partial charge in [-0.1, -0.05) is 41.6 Å². The van der Waals surface area contributed by atoms with Crippen molar-refractivity contribution in [3.05, 3.63) is 63.6 Å². The first kappa shape index (κ1) is 22.9. The zero-order chi connectivity index (χ0) is 21.5. The van der Waals surface area contributed by atoms with E-state index in [4.69, 9.17) is 11.6 Å². The van der Waals surface area contributed by atoms with Crippen molar-refractivity contribution in [2.24, 2.45) is 0 Å². The molecule has 2 aromatic rings. The topological polar surface area (TPSA) is 40.6 Å². The average molecular weight is 508 g/mol. The van der Waals surface area contributed by atoms with Gasteiger partial charge in [0.25, 0.3) is 0 Å². The average Bonchev–Trinajstić information content (AvgIpc) is 3.14. The second-order valence-electron chi connectivity index (χ2n) is 7.15. The van der Waals surface area contributed by atoms with Gasteiger partial charge in [-0.2, -0.15) is 0 Å². The summed E-state index contributed by atoms with van der Waals surface area (Å²) in [5.74, 6) is 0.160. The summed E-state index contributed by atoms with van der Waals surface area (Å²) < 4.78 is 1.03. The first-order valence-corrected chi connectivity index (χ1v) is 11.9. The van der Waals surface area contributed by atoms with Crippen LogP contribution in [0, 0.1) is 0 Å². The SMILES string of the molecule is CN(CCCN1CCCC1=O)C(=O)/C=C/c1ccc(Sc2ccccc2Br)c(Cl)c1. The molecule has 1 saturated heterocycles. The fourth-order valence-corrected chi connectivity index (χ4v) is 4.87. The van der Waals surface area contributed by atoms with Gasteiger partial charge in [0.1, 0.15) is 0 Å². The van der Waals surface area contributed by atoms with Gasteiger partial charge < -0.3 is 9.80 Å². The molecule has 0 atom stereocenters. The lowest BCUT2D eigenvalue weighted by Gasteiger charge is -2.19. The largest absolute Gasteiger partial charge is 0.343 e. The van der Waals surface area contributed by atoms with Crippen LogP contribution < -0.4 is 0 Å². The molecule has 1 aliphatic heterocycles. The molecular formula is C23H24BrClN2O2S. The number of hydrogen-bond acceptors (Lipinski definition) is 3. The van der Waals surface area contributed by atoms with Crippen molar-refractivity contribution in [3.8, 4) is 0 Å². The van der Waals surface area contributed by atoms with E-state index in [1.54, 1.807) is 35.9 Å². The zero-order valence-corrected chi connectivity index (χ0v) is 20.0. The number of likely N-dealkylation sites (N-methyl/N-ethyl adjacent to an activating group) is 1. The molecule has 0 spiro atoms. The molecule has 1 heterocycles. The fraction of sp³-hybridized carbons (Fsp3) is 0.304. The highest BCUT2D eigenvalue weighted by molar-refractivity contribution is 9.10. The van der Waals surface area contributed by atoms with Gasteiger partial charge in [0.15, 0.2) is 0 Å². The van der Waals surface area contributed by atoms with Gasteiger partial charge in [0.05, 0.1) is 5.02 Å². The molecule has 3 rings (SSSR count). The van der Waals surface area contributed by atoms with Crippen LogP contribution in [-0.2, 0) is 9.59 Å². The van der Waals surface area contributed by atoms with E-state index in [0.717, 1.165) is 39.2 Å². The third kappa shape index (κ3) is 6.37. The molecule has 2 aromatic carbocycles. The highest BCUT2D eigenvalue weighted by atomic mass is 79.9. The maximum atomic E-state index is 12.4. The van der Waals surface area contributed by atoms with E-state index in [1.165, 1.54) is 0 Å². The summed E-state index contributed by atoms with van der Waals surface area (Å²) in [4.78, 5) is 29.6. The maximum absolute atomic E-state index is 12.4. The number of carbonyl (C=O) groups is 2. The lowest BCUT2D eigenvalue weighted by Crippen LogP contribution is -2.31. The van der Waals surface area contributed by atoms with E-state index in [1.807, 2.05) is 47.4 Å². The van der Waals surface area contributed by atoms with E-state index in [-0.39, 0.29) is 11.8 Å². The Hall–Kier alpha value is -1.76. The van der Waals surface area contributed by atoms with Gasteiger partial charge in [0.2, 0.25) is 11.8 Å². The van der Waals surface area contributed by atoms with Gasteiger partial charge in [-0.3, -0.25) is 9.59 Å². The minimum Gasteiger partial charge on any atom is -0.343 e. The van der Waals surface area contributed by atoms with Crippen molar-refractivity contribution in [2.75, 3.05) is 26.7 Å². The predicted molar refractivity (Wildman–Crippen MR) is 127 cm³/mol. The zero-order valence-electron chi connectivity index (χ0n) is 16.8. The van der Waals surface area contributed by atoms with Gasteiger partial charge in [-0.15, -0.1) is 0 Å². The number of halogens is 2. The van der Waals surface area contributed by atoms with Crippen LogP contribution in [-0.4, -0.2) is 48.3 Å². The van der Waals surface area contributed by atoms with Gasteiger partial charge in [-0.05, 0) is 64.7 Å². The number of rotatable bonds is 8. The lowest BCUT2D eigenvalue weighted by atomic mass is 10.2. The molecule has 30 heavy (non-hydrogen) atoms. The second kappa shape index (κ2) is 11.0. The Balaban J connectivity index is 1.52. The van der Waals surface area contributed by atoms with E-state index in [2.05, 4.69) is 15.9 Å². The van der Waals surface area contributed by atoms with E-state index < -0.39 is 0 Å². The highest BCUT2D eigenvalue weighted by Crippen LogP contribution is 2.37. The van der Waals surface area contributed by atoms with Crippen LogP contribution in [0.2, 0.25) is 5.02 Å². The molecule has 4 nitrogen and oxygen atoms in total. The summed E-state index contributed by atoms with van der Waals surface area (Å²) >= 11 is 11.6. The van der Waals surface area contributed by atoms with Crippen LogP contribution in [0.15, 0.2) is 62.8 Å². The number of hydrogen-bond donors (Lipinski definition) is 0. The number of likely N-dealkylation sites (tertiary alicyclic amines) is 1. The Morgan fingerprint density at radius 3 is 2.77 bits per heavy atom. The third-order valence-corrected chi connectivity index (χ3v) is 7.43. The smallest absolute Gasteiger partial charge is 0.246 e. The molecule has 1 aliphatic rings. The molecule has 0 aliphatic carbocycles. The number of amides is 2. The van der Waals surface area contributed by atoms with Crippen LogP contribution in [0.4, 0.5) is 0 Å². The highest BCUT2D eigenvalue weighted by Gasteiger charge is 2.19. The molecule has 1 fully saturated rings. The summed E-state index contributed by atoms with van der Waals surface area (Å²) in [6.45, 7) is 2.17. The van der Waals surface area contributed by atoms with Crippen molar-refractivity contribution >= 4 is 57.2 Å². The lowest BCUT2D eigenvalue weighted by molar-refractivity contribution is -0.127. The summed E-state index contributed by atoms with van der Waals surface area (Å²) in [7, 11) is 1.78. The maximum Gasteiger partial charge on any atom is 0.246 e. The molecule has 0 aromatic heterocycles. The first-order chi connectivity index (χ1) is 14.4. The van der Waals surface area contributed by atoms with Crippen molar-refractivity contribution < 1.29 is 9.59 Å². The van der Waals surface area contributed by atoms with Crippen LogP contribution >= 0.6 is 39.3 Å². The van der Waals surface area contributed by atoms with Crippen LogP contribution in [0.1, 0.15) is 24.8 Å². The summed E-state index contributed by atoms with van der Waals surface area (Å²) in [5, 5.41) is 0.647. The standard InChI is InChI=1S/C23H24BrClN2O2S/c1-26(13-5-15-27-14-4-8-23(27)29)22(28)12-10-17-9-11-21(19(25)16-17)30-20-7-3-2-6-18(20)24/h2-3,6-7,9-12,16H,4-5,8,13-15H2,1H3/b12-10+. The number of carbonyl (C=O) groups excluding carboxylic acids is 2. The molecule has 7 heteroatoms. The van der Waals surface area contributed by atoms with E-state index in [9.17, 15) is 9.59 Å². The third-order valence-electron chi connectivity index (χ3n) is 4.90. The first-order valence-electron chi connectivity index (χ1n) is 9.87. The Bertz CT molecular complexity index is 951. The molecule has 158 valence electrons. The van der Waals surface area contributed by atoms with Crippen LogP contribution in [0.25, 0.3) is 6.08 Å². The number of benzene rings is 2. The van der Waals surface area contributed by atoms with E-state index >= 15 is 0 Å². The summed E-state index contributed by atoms with van der Waals surface area (Å²) in [5.41, 5.74) is 0.876. The van der Waals surface area contributed by atoms with Crippen molar-refractivity contribution in [3.63, 3.8) is 0 Å². The molecule has 0 unspecified atom stereocenters. The van der Waals surface area contributed by atoms with E-state index in [0.29, 0.717) is 24.5 Å². The molecule has 2 amide bonds. The normalized spacial score (nSPS) is 14.0. The summed E-state index contributed by atoms with van der Waals surface area (Å²) in [6, 6.07) is 13.8. The van der Waals surface area contributed by atoms with Crippen molar-refractivity contribution in [2.45, 2.75) is 29.1 Å². The van der Waals surface area contributed by atoms with Gasteiger partial charge in [0, 0.05) is 53.4 Å². The molecule has 0 saturated carbocycles. The van der Waals surface area contributed by atoms with Gasteiger partial charge in [-0.25, -0.2) is 0 Å². The Morgan fingerprint density at radius 2 is 2.07 bits per heavy atom. The Labute approximate surface area is 195 Å². The van der Waals surface area contributed by atoms with Crippen LogP contribution in [0.3, 0.4) is 0 Å². The Morgan fingerprint density at radius 1 is 1.27 bits per heavy atom. The minimum absolute atomic E-state index is 0.0643. The minimum atomic E-state index is -0.0643. The van der Waals surface area contributed by atoms with Crippen molar-refractivity contribution in [1.82, 2.24) is 9.80 Å². The quantitative estimate of drug-likeness (QED) is 0.428. The molecule has 0 bridgehead atoms. The van der Waals surface area contributed by atoms with Crippen molar-refractivity contribution in [1.29, 1.82) is 0 Å². The van der Waals surface area contributed by atoms with Gasteiger partial charge >= 0.3 is 0 Å². The fourth-order valence-electron chi connectivity index (χ4n) is 3.19.